The van der Waals surface area contributed by atoms with Gasteiger partial charge in [0.05, 0.1) is 0 Å². The highest BCUT2D eigenvalue weighted by atomic mass is 28.4. The van der Waals surface area contributed by atoms with Crippen LogP contribution in [-0.2, 0) is 4.43 Å². The molecule has 0 saturated carbocycles. The van der Waals surface area contributed by atoms with Crippen LogP contribution in [0.2, 0.25) is 19.6 Å². The summed E-state index contributed by atoms with van der Waals surface area (Å²) in [6, 6.07) is 0. The lowest BCUT2D eigenvalue weighted by Crippen LogP contribution is -2.35. The fourth-order valence-corrected chi connectivity index (χ4v) is 1.93. The summed E-state index contributed by atoms with van der Waals surface area (Å²) in [5.74, 6) is 0. The van der Waals surface area contributed by atoms with Crippen molar-refractivity contribution < 1.29 is 13.2 Å². The third-order valence-corrected chi connectivity index (χ3v) is 2.19. The van der Waals surface area contributed by atoms with Crippen LogP contribution in [0.4, 0.5) is 8.78 Å². The Hall–Kier alpha value is -0.223. The minimum Gasteiger partial charge on any atom is -0.409 e. The molecule has 1 unspecified atom stereocenters. The van der Waals surface area contributed by atoms with Crippen molar-refractivity contribution in [3.63, 3.8) is 0 Å². The molecule has 0 aromatic rings. The van der Waals surface area contributed by atoms with Gasteiger partial charge in [-0.25, -0.2) is 8.78 Å². The lowest BCUT2D eigenvalue weighted by atomic mass is 10.3. The second kappa shape index (κ2) is 4.72. The standard InChI is InChI=1S/C8H16F2OSi/c1-5-6-7(8(9)10)11-12(2,3)4/h5,7-8H,1,6H2,2-4H3. The van der Waals surface area contributed by atoms with E-state index in [-0.39, 0.29) is 6.42 Å². The second-order valence-corrected chi connectivity index (χ2v) is 8.09. The van der Waals surface area contributed by atoms with Gasteiger partial charge < -0.3 is 4.43 Å². The Morgan fingerprint density at radius 2 is 1.92 bits per heavy atom. The lowest BCUT2D eigenvalue weighted by molar-refractivity contribution is 0.00905. The molecule has 0 fully saturated rings. The van der Waals surface area contributed by atoms with E-state index < -0.39 is 20.8 Å². The highest BCUT2D eigenvalue weighted by Gasteiger charge is 2.26. The average Bonchev–Trinajstić information content (AvgIpc) is 1.83. The Kier molecular flexibility index (Phi) is 4.63. The van der Waals surface area contributed by atoms with E-state index in [0.717, 1.165) is 0 Å². The predicted octanol–water partition coefficient (Wildman–Crippen LogP) is 3.05. The maximum absolute atomic E-state index is 12.3. The van der Waals surface area contributed by atoms with Gasteiger partial charge in [0.15, 0.2) is 8.32 Å². The summed E-state index contributed by atoms with van der Waals surface area (Å²) in [5.41, 5.74) is 0. The van der Waals surface area contributed by atoms with Crippen molar-refractivity contribution in [1.29, 1.82) is 0 Å². The van der Waals surface area contributed by atoms with Gasteiger partial charge >= 0.3 is 0 Å². The maximum atomic E-state index is 12.3. The van der Waals surface area contributed by atoms with Crippen LogP contribution in [-0.4, -0.2) is 20.8 Å². The molecule has 0 N–H and O–H groups in total. The molecule has 0 aliphatic rings. The Balaban J connectivity index is 4.04. The molecule has 4 heteroatoms. The molecule has 0 saturated heterocycles. The van der Waals surface area contributed by atoms with E-state index in [1.54, 1.807) is 0 Å². The Bertz CT molecular complexity index is 142. The summed E-state index contributed by atoms with van der Waals surface area (Å²) in [6.45, 7) is 9.10. The van der Waals surface area contributed by atoms with Crippen LogP contribution in [0.25, 0.3) is 0 Å². The van der Waals surface area contributed by atoms with E-state index >= 15 is 0 Å². The number of alkyl halides is 2. The van der Waals surface area contributed by atoms with E-state index in [1.807, 2.05) is 19.6 Å². The first-order chi connectivity index (χ1) is 5.37. The van der Waals surface area contributed by atoms with Gasteiger partial charge in [-0.05, 0) is 26.1 Å². The Morgan fingerprint density at radius 3 is 2.17 bits per heavy atom. The van der Waals surface area contributed by atoms with Crippen LogP contribution < -0.4 is 0 Å². The Morgan fingerprint density at radius 1 is 1.42 bits per heavy atom. The van der Waals surface area contributed by atoms with Crippen molar-refractivity contribution in [2.24, 2.45) is 0 Å². The van der Waals surface area contributed by atoms with Crippen LogP contribution in [0.5, 0.6) is 0 Å². The molecule has 0 aliphatic carbocycles. The van der Waals surface area contributed by atoms with Crippen LogP contribution in [0, 0.1) is 0 Å². The average molecular weight is 194 g/mol. The van der Waals surface area contributed by atoms with E-state index in [4.69, 9.17) is 4.43 Å². The largest absolute Gasteiger partial charge is 0.409 e. The van der Waals surface area contributed by atoms with E-state index in [2.05, 4.69) is 6.58 Å². The van der Waals surface area contributed by atoms with E-state index in [1.165, 1.54) is 6.08 Å². The molecule has 0 radical (unpaired) electrons. The summed E-state index contributed by atoms with van der Waals surface area (Å²) in [4.78, 5) is 0. The molecular formula is C8H16F2OSi. The SMILES string of the molecule is C=CCC(O[Si](C)(C)C)C(F)F. The minimum atomic E-state index is -2.41. The van der Waals surface area contributed by atoms with E-state index in [0.29, 0.717) is 0 Å². The zero-order valence-corrected chi connectivity index (χ0v) is 8.81. The molecule has 0 amide bonds. The van der Waals surface area contributed by atoms with Gasteiger partial charge in [0, 0.05) is 0 Å². The molecule has 0 bridgehead atoms. The van der Waals surface area contributed by atoms with Crippen LogP contribution >= 0.6 is 0 Å². The summed E-state index contributed by atoms with van der Waals surface area (Å²) in [5, 5.41) is 0. The van der Waals surface area contributed by atoms with Gasteiger partial charge in [0.1, 0.15) is 6.10 Å². The van der Waals surface area contributed by atoms with Crippen LogP contribution in [0.15, 0.2) is 12.7 Å². The third-order valence-electron chi connectivity index (χ3n) is 1.18. The smallest absolute Gasteiger partial charge is 0.263 e. The van der Waals surface area contributed by atoms with Crippen molar-refractivity contribution >= 4 is 8.32 Å². The van der Waals surface area contributed by atoms with Gasteiger partial charge in [-0.3, -0.25) is 0 Å². The number of hydrogen-bond acceptors (Lipinski definition) is 1. The summed E-state index contributed by atoms with van der Waals surface area (Å²) in [6.07, 6.45) is -1.68. The molecule has 72 valence electrons. The summed E-state index contributed by atoms with van der Waals surface area (Å²) >= 11 is 0. The molecule has 0 rings (SSSR count). The van der Waals surface area contributed by atoms with Gasteiger partial charge in [0.25, 0.3) is 6.43 Å². The molecule has 0 heterocycles. The molecule has 0 aromatic carbocycles. The van der Waals surface area contributed by atoms with Crippen molar-refractivity contribution in [1.82, 2.24) is 0 Å². The first kappa shape index (κ1) is 11.8. The minimum absolute atomic E-state index is 0.224. The lowest BCUT2D eigenvalue weighted by Gasteiger charge is -2.24. The van der Waals surface area contributed by atoms with Crippen molar-refractivity contribution in [2.75, 3.05) is 0 Å². The second-order valence-electron chi connectivity index (χ2n) is 3.63. The molecule has 0 aromatic heterocycles. The fourth-order valence-electron chi connectivity index (χ4n) is 0.821. The van der Waals surface area contributed by atoms with Crippen LogP contribution in [0.3, 0.4) is 0 Å². The number of rotatable bonds is 5. The maximum Gasteiger partial charge on any atom is 0.263 e. The molecule has 12 heavy (non-hydrogen) atoms. The van der Waals surface area contributed by atoms with Crippen molar-refractivity contribution in [2.45, 2.75) is 38.6 Å². The normalized spacial score (nSPS) is 14.8. The zero-order valence-electron chi connectivity index (χ0n) is 7.81. The summed E-state index contributed by atoms with van der Waals surface area (Å²) in [7, 11) is -1.85. The first-order valence-corrected chi connectivity index (χ1v) is 7.34. The van der Waals surface area contributed by atoms with E-state index in [9.17, 15) is 8.78 Å². The number of hydrogen-bond donors (Lipinski definition) is 0. The van der Waals surface area contributed by atoms with Gasteiger partial charge in [-0.1, -0.05) is 6.08 Å². The van der Waals surface area contributed by atoms with Gasteiger partial charge in [-0.15, -0.1) is 6.58 Å². The van der Waals surface area contributed by atoms with Crippen molar-refractivity contribution in [3.8, 4) is 0 Å². The van der Waals surface area contributed by atoms with Crippen molar-refractivity contribution in [3.05, 3.63) is 12.7 Å². The highest BCUT2D eigenvalue weighted by Crippen LogP contribution is 2.16. The fraction of sp³-hybridized carbons (Fsp3) is 0.750. The summed E-state index contributed by atoms with van der Waals surface area (Å²) < 4.78 is 29.8. The monoisotopic (exact) mass is 194 g/mol. The van der Waals surface area contributed by atoms with Gasteiger partial charge in [0.2, 0.25) is 0 Å². The molecule has 1 atom stereocenters. The first-order valence-electron chi connectivity index (χ1n) is 3.93. The molecule has 0 aliphatic heterocycles. The third kappa shape index (κ3) is 5.43. The van der Waals surface area contributed by atoms with Crippen LogP contribution in [0.1, 0.15) is 6.42 Å². The number of halogens is 2. The van der Waals surface area contributed by atoms with Gasteiger partial charge in [-0.2, -0.15) is 0 Å². The molecule has 1 nitrogen and oxygen atoms in total. The molecule has 0 spiro atoms. The topological polar surface area (TPSA) is 9.23 Å². The molecular weight excluding hydrogens is 178 g/mol. The Labute approximate surface area is 73.6 Å². The predicted molar refractivity (Wildman–Crippen MR) is 49.0 cm³/mol. The quantitative estimate of drug-likeness (QED) is 0.483. The zero-order chi connectivity index (χ0) is 9.78. The highest BCUT2D eigenvalue weighted by molar-refractivity contribution is 6.69.